The highest BCUT2D eigenvalue weighted by atomic mass is 32.2. The van der Waals surface area contributed by atoms with Crippen LogP contribution in [0.4, 0.5) is 0 Å². The SMILES string of the molecule is CCCCN(CC)S(=O)(=O)c1cccc2cccnc12. The van der Waals surface area contributed by atoms with Gasteiger partial charge in [-0.1, -0.05) is 38.5 Å². The van der Waals surface area contributed by atoms with E-state index in [0.717, 1.165) is 18.2 Å². The van der Waals surface area contributed by atoms with Gasteiger partial charge in [0.15, 0.2) is 0 Å². The van der Waals surface area contributed by atoms with E-state index in [4.69, 9.17) is 0 Å². The molecule has 0 N–H and O–H groups in total. The van der Waals surface area contributed by atoms with Crippen LogP contribution in [0, 0.1) is 0 Å². The van der Waals surface area contributed by atoms with E-state index in [-0.39, 0.29) is 0 Å². The Kier molecular flexibility index (Phi) is 4.73. The lowest BCUT2D eigenvalue weighted by atomic mass is 10.2. The van der Waals surface area contributed by atoms with Crippen LogP contribution in [0.1, 0.15) is 26.7 Å². The summed E-state index contributed by atoms with van der Waals surface area (Å²) in [5.74, 6) is 0. The van der Waals surface area contributed by atoms with Crippen LogP contribution in [-0.2, 0) is 10.0 Å². The number of para-hydroxylation sites is 1. The van der Waals surface area contributed by atoms with E-state index in [1.807, 2.05) is 25.1 Å². The molecule has 0 saturated carbocycles. The van der Waals surface area contributed by atoms with E-state index < -0.39 is 10.0 Å². The fourth-order valence-electron chi connectivity index (χ4n) is 2.21. The Hall–Kier alpha value is -1.46. The molecule has 2 rings (SSSR count). The highest BCUT2D eigenvalue weighted by molar-refractivity contribution is 7.89. The summed E-state index contributed by atoms with van der Waals surface area (Å²) >= 11 is 0. The van der Waals surface area contributed by atoms with Crippen molar-refractivity contribution in [1.29, 1.82) is 0 Å². The number of hydrogen-bond donors (Lipinski definition) is 0. The number of nitrogens with zero attached hydrogens (tertiary/aromatic N) is 2. The Bertz CT molecular complexity index is 678. The van der Waals surface area contributed by atoms with Crippen molar-refractivity contribution in [2.45, 2.75) is 31.6 Å². The van der Waals surface area contributed by atoms with Gasteiger partial charge >= 0.3 is 0 Å². The van der Waals surface area contributed by atoms with Crippen LogP contribution in [0.5, 0.6) is 0 Å². The molecule has 0 unspecified atom stereocenters. The fraction of sp³-hybridized carbons (Fsp3) is 0.400. The van der Waals surface area contributed by atoms with Crippen molar-refractivity contribution in [2.24, 2.45) is 0 Å². The van der Waals surface area contributed by atoms with Crippen LogP contribution < -0.4 is 0 Å². The first-order chi connectivity index (χ1) is 9.61. The maximum absolute atomic E-state index is 12.8. The molecule has 0 spiro atoms. The highest BCUT2D eigenvalue weighted by Crippen LogP contribution is 2.24. The average molecular weight is 292 g/mol. The summed E-state index contributed by atoms with van der Waals surface area (Å²) in [4.78, 5) is 4.54. The van der Waals surface area contributed by atoms with Crippen molar-refractivity contribution >= 4 is 20.9 Å². The Balaban J connectivity index is 2.51. The number of unbranched alkanes of at least 4 members (excludes halogenated alkanes) is 1. The minimum atomic E-state index is -3.48. The number of benzene rings is 1. The highest BCUT2D eigenvalue weighted by Gasteiger charge is 2.24. The van der Waals surface area contributed by atoms with E-state index >= 15 is 0 Å². The van der Waals surface area contributed by atoms with E-state index in [0.29, 0.717) is 23.5 Å². The summed E-state index contributed by atoms with van der Waals surface area (Å²) in [5, 5.41) is 0.847. The fourth-order valence-corrected chi connectivity index (χ4v) is 3.86. The number of pyridine rings is 1. The van der Waals surface area contributed by atoms with Crippen molar-refractivity contribution in [1.82, 2.24) is 9.29 Å². The minimum Gasteiger partial charge on any atom is -0.255 e. The predicted molar refractivity (Wildman–Crippen MR) is 81.1 cm³/mol. The van der Waals surface area contributed by atoms with Gasteiger partial charge < -0.3 is 0 Å². The summed E-state index contributed by atoms with van der Waals surface area (Å²) in [5.41, 5.74) is 0.546. The zero-order valence-corrected chi connectivity index (χ0v) is 12.7. The Labute approximate surface area is 120 Å². The molecule has 0 amide bonds. The van der Waals surface area contributed by atoms with E-state index in [2.05, 4.69) is 11.9 Å². The van der Waals surface area contributed by atoms with Crippen molar-refractivity contribution < 1.29 is 8.42 Å². The molecular formula is C15H20N2O2S. The largest absolute Gasteiger partial charge is 0.255 e. The summed E-state index contributed by atoms with van der Waals surface area (Å²) in [6.07, 6.45) is 3.47. The lowest BCUT2D eigenvalue weighted by molar-refractivity contribution is 0.419. The molecule has 108 valence electrons. The van der Waals surface area contributed by atoms with Crippen LogP contribution >= 0.6 is 0 Å². The third-order valence-corrected chi connectivity index (χ3v) is 5.33. The van der Waals surface area contributed by atoms with Gasteiger partial charge in [-0.05, 0) is 18.6 Å². The number of aromatic nitrogens is 1. The first-order valence-corrected chi connectivity index (χ1v) is 8.39. The first kappa shape index (κ1) is 14.9. The summed E-state index contributed by atoms with van der Waals surface area (Å²) in [6.45, 7) is 4.95. The van der Waals surface area contributed by atoms with E-state index in [1.165, 1.54) is 4.31 Å². The van der Waals surface area contributed by atoms with Crippen molar-refractivity contribution in [3.05, 3.63) is 36.5 Å². The third kappa shape index (κ3) is 2.83. The van der Waals surface area contributed by atoms with Gasteiger partial charge in [-0.15, -0.1) is 0 Å². The smallest absolute Gasteiger partial charge is 0.245 e. The van der Waals surface area contributed by atoms with Gasteiger partial charge in [-0.3, -0.25) is 4.98 Å². The zero-order valence-electron chi connectivity index (χ0n) is 11.9. The normalized spacial score (nSPS) is 12.2. The molecule has 0 aliphatic heterocycles. The maximum atomic E-state index is 12.8. The summed E-state index contributed by atoms with van der Waals surface area (Å²) in [6, 6.07) is 8.98. The van der Waals surface area contributed by atoms with Gasteiger partial charge in [0.2, 0.25) is 10.0 Å². The predicted octanol–water partition coefficient (Wildman–Crippen LogP) is 3.05. The molecule has 1 heterocycles. The van der Waals surface area contributed by atoms with Gasteiger partial charge in [-0.2, -0.15) is 4.31 Å². The third-order valence-electron chi connectivity index (χ3n) is 3.33. The zero-order chi connectivity index (χ0) is 14.6. The van der Waals surface area contributed by atoms with E-state index in [9.17, 15) is 8.42 Å². The average Bonchev–Trinajstić information content (AvgIpc) is 2.47. The number of sulfonamides is 1. The molecule has 1 aromatic carbocycles. The van der Waals surface area contributed by atoms with Gasteiger partial charge in [-0.25, -0.2) is 8.42 Å². The molecule has 1 aromatic heterocycles. The lowest BCUT2D eigenvalue weighted by Crippen LogP contribution is -2.32. The molecule has 5 heteroatoms. The van der Waals surface area contributed by atoms with Gasteiger partial charge in [0.1, 0.15) is 4.90 Å². The molecular weight excluding hydrogens is 272 g/mol. The first-order valence-electron chi connectivity index (χ1n) is 6.95. The monoisotopic (exact) mass is 292 g/mol. The van der Waals surface area contributed by atoms with Gasteiger partial charge in [0, 0.05) is 24.7 Å². The molecule has 2 aromatic rings. The summed E-state index contributed by atoms with van der Waals surface area (Å²) in [7, 11) is -3.48. The quantitative estimate of drug-likeness (QED) is 0.822. The minimum absolute atomic E-state index is 0.300. The van der Waals surface area contributed by atoms with Crippen LogP contribution in [-0.4, -0.2) is 30.8 Å². The molecule has 0 radical (unpaired) electrons. The van der Waals surface area contributed by atoms with Crippen LogP contribution in [0.15, 0.2) is 41.4 Å². The van der Waals surface area contributed by atoms with Gasteiger partial charge in [0.05, 0.1) is 5.52 Å². The maximum Gasteiger partial charge on any atom is 0.245 e. The Morgan fingerprint density at radius 1 is 1.15 bits per heavy atom. The van der Waals surface area contributed by atoms with Gasteiger partial charge in [0.25, 0.3) is 0 Å². The Morgan fingerprint density at radius 2 is 1.90 bits per heavy atom. The second-order valence-electron chi connectivity index (χ2n) is 4.68. The topological polar surface area (TPSA) is 50.3 Å². The molecule has 0 saturated heterocycles. The second-order valence-corrected chi connectivity index (χ2v) is 6.59. The lowest BCUT2D eigenvalue weighted by Gasteiger charge is -2.20. The van der Waals surface area contributed by atoms with Crippen LogP contribution in [0.25, 0.3) is 10.9 Å². The van der Waals surface area contributed by atoms with Crippen molar-refractivity contribution in [3.8, 4) is 0 Å². The number of rotatable bonds is 6. The molecule has 0 aliphatic rings. The second kappa shape index (κ2) is 6.33. The van der Waals surface area contributed by atoms with Crippen molar-refractivity contribution in [3.63, 3.8) is 0 Å². The van der Waals surface area contributed by atoms with Crippen LogP contribution in [0.3, 0.4) is 0 Å². The molecule has 0 aliphatic carbocycles. The molecule has 0 bridgehead atoms. The molecule has 4 nitrogen and oxygen atoms in total. The molecule has 20 heavy (non-hydrogen) atoms. The Morgan fingerprint density at radius 3 is 2.60 bits per heavy atom. The number of hydrogen-bond acceptors (Lipinski definition) is 3. The molecule has 0 atom stereocenters. The standard InChI is InChI=1S/C15H20N2O2S/c1-3-5-12-17(4-2)20(18,19)14-10-6-8-13-9-7-11-16-15(13)14/h6-11H,3-5,12H2,1-2H3. The number of fused-ring (bicyclic) bond motifs is 1. The molecule has 0 fully saturated rings. The van der Waals surface area contributed by atoms with E-state index in [1.54, 1.807) is 18.3 Å². The van der Waals surface area contributed by atoms with Crippen LogP contribution in [0.2, 0.25) is 0 Å². The summed E-state index contributed by atoms with van der Waals surface area (Å²) < 4.78 is 27.1. The van der Waals surface area contributed by atoms with Crippen molar-refractivity contribution in [2.75, 3.05) is 13.1 Å².